The summed E-state index contributed by atoms with van der Waals surface area (Å²) in [5, 5.41) is 13.4. The quantitative estimate of drug-likeness (QED) is 0.734. The van der Waals surface area contributed by atoms with Gasteiger partial charge < -0.3 is 10.4 Å². The summed E-state index contributed by atoms with van der Waals surface area (Å²) < 4.78 is 0. The molecule has 2 N–H and O–H groups in total. The molecule has 80 valence electrons. The van der Waals surface area contributed by atoms with Gasteiger partial charge in [0, 0.05) is 12.6 Å². The van der Waals surface area contributed by atoms with E-state index in [-0.39, 0.29) is 12.1 Å². The number of hydrogen-bond acceptors (Lipinski definition) is 2. The number of aliphatic hydroxyl groups excluding tert-OH is 1. The zero-order valence-corrected chi connectivity index (χ0v) is 8.82. The van der Waals surface area contributed by atoms with E-state index in [0.29, 0.717) is 0 Å². The molecule has 0 fully saturated rings. The lowest BCUT2D eigenvalue weighted by atomic mass is 9.86. The number of nitrogens with one attached hydrogen (secondary N) is 1. The van der Waals surface area contributed by atoms with E-state index < -0.39 is 0 Å². The Hall–Kier alpha value is -1.12. The summed E-state index contributed by atoms with van der Waals surface area (Å²) in [6, 6.07) is 8.29. The van der Waals surface area contributed by atoms with E-state index in [1.807, 2.05) is 24.3 Å². The highest BCUT2D eigenvalue weighted by molar-refractivity contribution is 5.32. The smallest absolute Gasteiger partial charge is 0.0945 e. The molecule has 2 heteroatoms. The van der Waals surface area contributed by atoms with Gasteiger partial charge in [-0.1, -0.05) is 30.3 Å². The molecule has 1 aromatic rings. The molecule has 2 rings (SSSR count). The van der Waals surface area contributed by atoms with E-state index in [4.69, 9.17) is 0 Å². The molecule has 0 heterocycles. The fourth-order valence-electron chi connectivity index (χ4n) is 2.18. The Bertz CT molecular complexity index is 348. The SMILES string of the molecule is C=CCNC1CCc2ccccc2C1O. The topological polar surface area (TPSA) is 32.3 Å². The Morgan fingerprint density at radius 3 is 3.07 bits per heavy atom. The molecule has 2 atom stereocenters. The Morgan fingerprint density at radius 1 is 1.47 bits per heavy atom. The van der Waals surface area contributed by atoms with Crippen LogP contribution in [0, 0.1) is 0 Å². The first kappa shape index (κ1) is 10.4. The van der Waals surface area contributed by atoms with Crippen LogP contribution in [0.15, 0.2) is 36.9 Å². The zero-order valence-electron chi connectivity index (χ0n) is 8.82. The number of benzene rings is 1. The van der Waals surface area contributed by atoms with E-state index in [1.54, 1.807) is 0 Å². The predicted octanol–water partition coefficient (Wildman–Crippen LogP) is 1.81. The van der Waals surface area contributed by atoms with Crippen molar-refractivity contribution < 1.29 is 5.11 Å². The first-order valence-corrected chi connectivity index (χ1v) is 5.43. The number of rotatable bonds is 3. The molecular weight excluding hydrogens is 186 g/mol. The molecule has 2 nitrogen and oxygen atoms in total. The maximum atomic E-state index is 10.2. The van der Waals surface area contributed by atoms with Crippen molar-refractivity contribution in [2.75, 3.05) is 6.54 Å². The first-order valence-electron chi connectivity index (χ1n) is 5.43. The van der Waals surface area contributed by atoms with Gasteiger partial charge in [0.05, 0.1) is 6.10 Å². The van der Waals surface area contributed by atoms with E-state index in [0.717, 1.165) is 24.9 Å². The summed E-state index contributed by atoms with van der Waals surface area (Å²) in [5.74, 6) is 0. The van der Waals surface area contributed by atoms with Crippen LogP contribution < -0.4 is 5.32 Å². The lowest BCUT2D eigenvalue weighted by Crippen LogP contribution is -2.38. The highest BCUT2D eigenvalue weighted by Crippen LogP contribution is 2.29. The predicted molar refractivity (Wildman–Crippen MR) is 61.7 cm³/mol. The van der Waals surface area contributed by atoms with Gasteiger partial charge in [0.1, 0.15) is 0 Å². The highest BCUT2D eigenvalue weighted by atomic mass is 16.3. The van der Waals surface area contributed by atoms with Crippen LogP contribution >= 0.6 is 0 Å². The van der Waals surface area contributed by atoms with Crippen LogP contribution in [0.4, 0.5) is 0 Å². The monoisotopic (exact) mass is 203 g/mol. The molecule has 0 saturated heterocycles. The second kappa shape index (κ2) is 4.60. The van der Waals surface area contributed by atoms with Crippen molar-refractivity contribution in [3.05, 3.63) is 48.0 Å². The number of hydrogen-bond donors (Lipinski definition) is 2. The minimum atomic E-state index is -0.380. The van der Waals surface area contributed by atoms with Crippen LogP contribution in [0.2, 0.25) is 0 Å². The van der Waals surface area contributed by atoms with Crippen molar-refractivity contribution >= 4 is 0 Å². The molecule has 1 aliphatic carbocycles. The van der Waals surface area contributed by atoms with E-state index in [2.05, 4.69) is 18.0 Å². The summed E-state index contributed by atoms with van der Waals surface area (Å²) >= 11 is 0. The van der Waals surface area contributed by atoms with Gasteiger partial charge in [0.25, 0.3) is 0 Å². The van der Waals surface area contributed by atoms with Crippen molar-refractivity contribution in [1.82, 2.24) is 5.32 Å². The molecule has 1 aliphatic rings. The van der Waals surface area contributed by atoms with Gasteiger partial charge in [-0.05, 0) is 24.0 Å². The molecule has 15 heavy (non-hydrogen) atoms. The average Bonchev–Trinajstić information content (AvgIpc) is 2.29. The molecular formula is C13H17NO. The number of aryl methyl sites for hydroxylation is 1. The van der Waals surface area contributed by atoms with Crippen LogP contribution in [-0.2, 0) is 6.42 Å². The van der Waals surface area contributed by atoms with Crippen molar-refractivity contribution in [2.45, 2.75) is 25.0 Å². The zero-order chi connectivity index (χ0) is 10.7. The largest absolute Gasteiger partial charge is 0.387 e. The summed E-state index contributed by atoms with van der Waals surface area (Å²) in [5.41, 5.74) is 2.35. The Labute approximate surface area is 90.6 Å². The lowest BCUT2D eigenvalue weighted by Gasteiger charge is -2.30. The molecule has 0 amide bonds. The van der Waals surface area contributed by atoms with Gasteiger partial charge >= 0.3 is 0 Å². The third-order valence-electron chi connectivity index (χ3n) is 3.00. The fraction of sp³-hybridized carbons (Fsp3) is 0.385. The van der Waals surface area contributed by atoms with Crippen LogP contribution in [-0.4, -0.2) is 17.7 Å². The van der Waals surface area contributed by atoms with Crippen molar-refractivity contribution in [3.8, 4) is 0 Å². The summed E-state index contributed by atoms with van der Waals surface area (Å²) in [7, 11) is 0. The normalized spacial score (nSPS) is 24.6. The van der Waals surface area contributed by atoms with Gasteiger partial charge in [-0.2, -0.15) is 0 Å². The van der Waals surface area contributed by atoms with Gasteiger partial charge in [-0.15, -0.1) is 6.58 Å². The Balaban J connectivity index is 2.14. The maximum Gasteiger partial charge on any atom is 0.0945 e. The molecule has 0 bridgehead atoms. The van der Waals surface area contributed by atoms with E-state index in [9.17, 15) is 5.11 Å². The molecule has 2 unspecified atom stereocenters. The van der Waals surface area contributed by atoms with E-state index >= 15 is 0 Å². The standard InChI is InChI=1S/C13H17NO/c1-2-9-14-12-8-7-10-5-3-4-6-11(10)13(12)15/h2-6,12-15H,1,7-9H2. The molecule has 1 aromatic carbocycles. The van der Waals surface area contributed by atoms with Gasteiger partial charge in [-0.3, -0.25) is 0 Å². The van der Waals surface area contributed by atoms with Gasteiger partial charge in [0.15, 0.2) is 0 Å². The van der Waals surface area contributed by atoms with Crippen LogP contribution in [0.3, 0.4) is 0 Å². The van der Waals surface area contributed by atoms with Crippen LogP contribution in [0.5, 0.6) is 0 Å². The van der Waals surface area contributed by atoms with Gasteiger partial charge in [0.2, 0.25) is 0 Å². The van der Waals surface area contributed by atoms with Crippen molar-refractivity contribution in [1.29, 1.82) is 0 Å². The number of fused-ring (bicyclic) bond motifs is 1. The van der Waals surface area contributed by atoms with Gasteiger partial charge in [-0.25, -0.2) is 0 Å². The molecule has 0 spiro atoms. The van der Waals surface area contributed by atoms with Crippen molar-refractivity contribution in [2.24, 2.45) is 0 Å². The Morgan fingerprint density at radius 2 is 2.27 bits per heavy atom. The second-order valence-electron chi connectivity index (χ2n) is 3.99. The van der Waals surface area contributed by atoms with Crippen LogP contribution in [0.1, 0.15) is 23.7 Å². The molecule has 0 aromatic heterocycles. The highest BCUT2D eigenvalue weighted by Gasteiger charge is 2.26. The maximum absolute atomic E-state index is 10.2. The summed E-state index contributed by atoms with van der Waals surface area (Å²) in [6.07, 6.45) is 3.48. The summed E-state index contributed by atoms with van der Waals surface area (Å²) in [6.45, 7) is 4.42. The fourth-order valence-corrected chi connectivity index (χ4v) is 2.18. The molecule has 0 aliphatic heterocycles. The number of aliphatic hydroxyl groups is 1. The lowest BCUT2D eigenvalue weighted by molar-refractivity contribution is 0.117. The first-order chi connectivity index (χ1) is 7.33. The molecule has 0 saturated carbocycles. The minimum Gasteiger partial charge on any atom is -0.387 e. The second-order valence-corrected chi connectivity index (χ2v) is 3.99. The van der Waals surface area contributed by atoms with E-state index in [1.165, 1.54) is 5.56 Å². The van der Waals surface area contributed by atoms with Crippen molar-refractivity contribution in [3.63, 3.8) is 0 Å². The average molecular weight is 203 g/mol. The molecule has 0 radical (unpaired) electrons. The third-order valence-corrected chi connectivity index (χ3v) is 3.00. The third kappa shape index (κ3) is 2.11. The van der Waals surface area contributed by atoms with Crippen LogP contribution in [0.25, 0.3) is 0 Å². The Kier molecular flexibility index (Phi) is 3.19. The summed E-state index contributed by atoms with van der Waals surface area (Å²) in [4.78, 5) is 0. The minimum absolute atomic E-state index is 0.165.